The van der Waals surface area contributed by atoms with Gasteiger partial charge in [-0.15, -0.1) is 0 Å². The second-order valence-electron chi connectivity index (χ2n) is 8.38. The Morgan fingerprint density at radius 3 is 2.53 bits per heavy atom. The lowest BCUT2D eigenvalue weighted by molar-refractivity contribution is 0.0303. The molecule has 2 aromatic carbocycles. The molecule has 0 unspecified atom stereocenters. The molecule has 0 atom stereocenters. The molecule has 1 aliphatic heterocycles. The fourth-order valence-electron chi connectivity index (χ4n) is 4.69. The molecule has 0 N–H and O–H groups in total. The highest BCUT2D eigenvalue weighted by atomic mass is 16.5. The van der Waals surface area contributed by atoms with E-state index in [0.29, 0.717) is 50.1 Å². The molecule has 0 bridgehead atoms. The van der Waals surface area contributed by atoms with E-state index in [4.69, 9.17) is 9.47 Å². The first kappa shape index (κ1) is 20.6. The molecule has 3 aromatic rings. The molecule has 164 valence electrons. The standard InChI is InChI=1S/C26H27N3O3/c1-2-32-21-10-11-22-23(17-27)25(29(24(22)16-21)20-4-3-5-20)18-6-8-19(9-7-18)26(30)28-12-14-31-15-13-28/h6-11,16,20H,2-5,12-15H2,1H3. The van der Waals surface area contributed by atoms with Crippen molar-refractivity contribution in [3.8, 4) is 23.1 Å². The van der Waals surface area contributed by atoms with Gasteiger partial charge in [0.1, 0.15) is 11.8 Å². The minimum atomic E-state index is 0.0289. The Hall–Kier alpha value is -3.30. The van der Waals surface area contributed by atoms with E-state index in [0.717, 1.165) is 40.8 Å². The first-order chi connectivity index (χ1) is 15.7. The summed E-state index contributed by atoms with van der Waals surface area (Å²) in [5.41, 5.74) is 4.29. The maximum absolute atomic E-state index is 12.8. The average Bonchev–Trinajstić information content (AvgIpc) is 3.12. The van der Waals surface area contributed by atoms with Crippen molar-refractivity contribution in [1.82, 2.24) is 9.47 Å². The molecule has 2 aliphatic rings. The van der Waals surface area contributed by atoms with Crippen LogP contribution in [0.3, 0.4) is 0 Å². The molecule has 1 saturated heterocycles. The van der Waals surface area contributed by atoms with Crippen LogP contribution in [0, 0.1) is 11.3 Å². The summed E-state index contributed by atoms with van der Waals surface area (Å²) in [6.45, 7) is 4.99. The fourth-order valence-corrected chi connectivity index (χ4v) is 4.69. The monoisotopic (exact) mass is 429 g/mol. The highest BCUT2D eigenvalue weighted by Gasteiger charge is 2.28. The predicted octanol–water partition coefficient (Wildman–Crippen LogP) is 4.78. The largest absolute Gasteiger partial charge is 0.494 e. The maximum atomic E-state index is 12.8. The van der Waals surface area contributed by atoms with E-state index in [1.807, 2.05) is 48.2 Å². The number of carbonyl (C=O) groups is 1. The number of fused-ring (bicyclic) bond motifs is 1. The first-order valence-electron chi connectivity index (χ1n) is 11.4. The fraction of sp³-hybridized carbons (Fsp3) is 0.385. The van der Waals surface area contributed by atoms with E-state index in [1.54, 1.807) is 0 Å². The number of nitriles is 1. The molecule has 1 amide bonds. The van der Waals surface area contributed by atoms with Crippen LogP contribution in [0.4, 0.5) is 0 Å². The number of carbonyl (C=O) groups excluding carboxylic acids is 1. The van der Waals surface area contributed by atoms with E-state index in [2.05, 4.69) is 16.7 Å². The molecular formula is C26H27N3O3. The normalized spacial score (nSPS) is 16.6. The Bertz CT molecular complexity index is 1180. The number of hydrogen-bond acceptors (Lipinski definition) is 4. The van der Waals surface area contributed by atoms with E-state index in [9.17, 15) is 10.1 Å². The van der Waals surface area contributed by atoms with Crippen molar-refractivity contribution in [1.29, 1.82) is 5.26 Å². The summed E-state index contributed by atoms with van der Waals surface area (Å²) in [7, 11) is 0. The molecule has 0 spiro atoms. The Labute approximate surface area is 187 Å². The number of hydrogen-bond donors (Lipinski definition) is 0. The summed E-state index contributed by atoms with van der Waals surface area (Å²) in [6, 6.07) is 16.5. The van der Waals surface area contributed by atoms with Crippen LogP contribution >= 0.6 is 0 Å². The van der Waals surface area contributed by atoms with Crippen LogP contribution in [0.1, 0.15) is 48.1 Å². The van der Waals surface area contributed by atoms with Gasteiger partial charge in [-0.2, -0.15) is 5.26 Å². The van der Waals surface area contributed by atoms with Crippen molar-refractivity contribution in [3.05, 3.63) is 53.6 Å². The zero-order valence-corrected chi connectivity index (χ0v) is 18.3. The van der Waals surface area contributed by atoms with Gasteiger partial charge in [0, 0.05) is 36.1 Å². The zero-order chi connectivity index (χ0) is 22.1. The lowest BCUT2D eigenvalue weighted by Gasteiger charge is -2.30. The number of aromatic nitrogens is 1. The molecular weight excluding hydrogens is 402 g/mol. The molecule has 1 aliphatic carbocycles. The predicted molar refractivity (Wildman–Crippen MR) is 123 cm³/mol. The minimum Gasteiger partial charge on any atom is -0.494 e. The van der Waals surface area contributed by atoms with Crippen LogP contribution in [0.2, 0.25) is 0 Å². The van der Waals surface area contributed by atoms with Crippen LogP contribution in [0.25, 0.3) is 22.2 Å². The number of morpholine rings is 1. The molecule has 6 heteroatoms. The number of benzene rings is 2. The minimum absolute atomic E-state index is 0.0289. The second-order valence-corrected chi connectivity index (χ2v) is 8.38. The average molecular weight is 430 g/mol. The number of rotatable bonds is 5. The second kappa shape index (κ2) is 8.68. The highest BCUT2D eigenvalue weighted by Crippen LogP contribution is 2.43. The van der Waals surface area contributed by atoms with Crippen molar-refractivity contribution in [3.63, 3.8) is 0 Å². The highest BCUT2D eigenvalue weighted by molar-refractivity contribution is 5.97. The smallest absolute Gasteiger partial charge is 0.254 e. The SMILES string of the molecule is CCOc1ccc2c(C#N)c(-c3ccc(C(=O)N4CCOCC4)cc3)n(C3CCC3)c2c1. The lowest BCUT2D eigenvalue weighted by atomic mass is 9.92. The topological polar surface area (TPSA) is 67.5 Å². The lowest BCUT2D eigenvalue weighted by Crippen LogP contribution is -2.40. The number of ether oxygens (including phenoxy) is 2. The van der Waals surface area contributed by atoms with Gasteiger partial charge in [0.25, 0.3) is 5.91 Å². The summed E-state index contributed by atoms with van der Waals surface area (Å²) in [6.07, 6.45) is 3.41. The molecule has 6 nitrogen and oxygen atoms in total. The van der Waals surface area contributed by atoms with Gasteiger partial charge in [0.05, 0.1) is 36.6 Å². The third-order valence-corrected chi connectivity index (χ3v) is 6.54. The van der Waals surface area contributed by atoms with Crippen molar-refractivity contribution < 1.29 is 14.3 Å². The third-order valence-electron chi connectivity index (χ3n) is 6.54. The van der Waals surface area contributed by atoms with Crippen LogP contribution in [0.5, 0.6) is 5.75 Å². The number of amides is 1. The quantitative estimate of drug-likeness (QED) is 0.586. The van der Waals surface area contributed by atoms with Crippen molar-refractivity contribution >= 4 is 16.8 Å². The van der Waals surface area contributed by atoms with E-state index >= 15 is 0 Å². The molecule has 2 fully saturated rings. The van der Waals surface area contributed by atoms with E-state index < -0.39 is 0 Å². The summed E-state index contributed by atoms with van der Waals surface area (Å²) < 4.78 is 13.4. The summed E-state index contributed by atoms with van der Waals surface area (Å²) in [5, 5.41) is 11.0. The Balaban J connectivity index is 1.58. The van der Waals surface area contributed by atoms with Gasteiger partial charge < -0.3 is 18.9 Å². The van der Waals surface area contributed by atoms with Crippen molar-refractivity contribution in [2.24, 2.45) is 0 Å². The first-order valence-corrected chi connectivity index (χ1v) is 11.4. The zero-order valence-electron chi connectivity index (χ0n) is 18.3. The van der Waals surface area contributed by atoms with Crippen molar-refractivity contribution in [2.45, 2.75) is 32.2 Å². The Morgan fingerprint density at radius 2 is 1.91 bits per heavy atom. The summed E-state index contributed by atoms with van der Waals surface area (Å²) >= 11 is 0. The number of nitrogens with zero attached hydrogens (tertiary/aromatic N) is 3. The van der Waals surface area contributed by atoms with Gasteiger partial charge in [0.15, 0.2) is 0 Å². The molecule has 32 heavy (non-hydrogen) atoms. The van der Waals surface area contributed by atoms with Crippen LogP contribution in [0.15, 0.2) is 42.5 Å². The van der Waals surface area contributed by atoms with E-state index in [-0.39, 0.29) is 5.91 Å². The molecule has 2 heterocycles. The van der Waals surface area contributed by atoms with Gasteiger partial charge in [-0.1, -0.05) is 12.1 Å². The van der Waals surface area contributed by atoms with Crippen LogP contribution in [-0.4, -0.2) is 48.3 Å². The van der Waals surface area contributed by atoms with E-state index in [1.165, 1.54) is 6.42 Å². The molecule has 1 saturated carbocycles. The van der Waals surface area contributed by atoms with Gasteiger partial charge in [-0.25, -0.2) is 0 Å². The summed E-state index contributed by atoms with van der Waals surface area (Å²) in [5.74, 6) is 0.849. The van der Waals surface area contributed by atoms with Gasteiger partial charge in [0.2, 0.25) is 0 Å². The van der Waals surface area contributed by atoms with Gasteiger partial charge >= 0.3 is 0 Å². The summed E-state index contributed by atoms with van der Waals surface area (Å²) in [4.78, 5) is 14.7. The van der Waals surface area contributed by atoms with Crippen LogP contribution in [-0.2, 0) is 4.74 Å². The molecule has 1 aromatic heterocycles. The van der Waals surface area contributed by atoms with Gasteiger partial charge in [-0.05, 0) is 56.0 Å². The van der Waals surface area contributed by atoms with Crippen molar-refractivity contribution in [2.75, 3.05) is 32.9 Å². The Kier molecular flexibility index (Phi) is 5.59. The maximum Gasteiger partial charge on any atom is 0.254 e. The van der Waals surface area contributed by atoms with Gasteiger partial charge in [-0.3, -0.25) is 4.79 Å². The molecule has 5 rings (SSSR count). The van der Waals surface area contributed by atoms with Crippen LogP contribution < -0.4 is 4.74 Å². The third kappa shape index (κ3) is 3.53. The molecule has 0 radical (unpaired) electrons. The Morgan fingerprint density at radius 1 is 1.16 bits per heavy atom.